The van der Waals surface area contributed by atoms with Crippen molar-refractivity contribution in [1.29, 1.82) is 5.26 Å². The fourth-order valence-corrected chi connectivity index (χ4v) is 2.55. The first kappa shape index (κ1) is 12.5. The summed E-state index contributed by atoms with van der Waals surface area (Å²) in [5.74, 6) is 0. The lowest BCUT2D eigenvalue weighted by Crippen LogP contribution is -2.02. The Morgan fingerprint density at radius 1 is 1.00 bits per heavy atom. The molecule has 0 spiro atoms. The Morgan fingerprint density at radius 3 is 2.60 bits per heavy atom. The first-order chi connectivity index (χ1) is 9.83. The van der Waals surface area contributed by atoms with Gasteiger partial charge < -0.3 is 9.67 Å². The van der Waals surface area contributed by atoms with Crippen molar-refractivity contribution < 1.29 is 5.11 Å². The molecule has 20 heavy (non-hydrogen) atoms. The zero-order chi connectivity index (χ0) is 13.9. The van der Waals surface area contributed by atoms with Crippen LogP contribution in [0.1, 0.15) is 16.7 Å². The second kappa shape index (κ2) is 5.20. The van der Waals surface area contributed by atoms with Crippen LogP contribution >= 0.6 is 0 Å². The van der Waals surface area contributed by atoms with Crippen LogP contribution in [0.2, 0.25) is 0 Å². The minimum Gasteiger partial charge on any atom is -0.392 e. The van der Waals surface area contributed by atoms with Gasteiger partial charge >= 0.3 is 0 Å². The average molecular weight is 262 g/mol. The molecule has 0 aliphatic carbocycles. The van der Waals surface area contributed by atoms with Crippen LogP contribution in [0.15, 0.2) is 54.7 Å². The number of hydrogen-bond acceptors (Lipinski definition) is 2. The highest BCUT2D eigenvalue weighted by molar-refractivity contribution is 5.83. The Morgan fingerprint density at radius 2 is 1.80 bits per heavy atom. The van der Waals surface area contributed by atoms with Gasteiger partial charge in [-0.25, -0.2) is 0 Å². The van der Waals surface area contributed by atoms with Crippen molar-refractivity contribution >= 4 is 10.9 Å². The summed E-state index contributed by atoms with van der Waals surface area (Å²) in [6, 6.07) is 17.8. The van der Waals surface area contributed by atoms with Gasteiger partial charge in [0.05, 0.1) is 23.8 Å². The number of nitriles is 1. The second-order valence-corrected chi connectivity index (χ2v) is 4.73. The first-order valence-electron chi connectivity index (χ1n) is 6.49. The quantitative estimate of drug-likeness (QED) is 0.788. The van der Waals surface area contributed by atoms with E-state index in [1.54, 1.807) is 0 Å². The Kier molecular flexibility index (Phi) is 3.24. The Bertz CT molecular complexity index is 796. The summed E-state index contributed by atoms with van der Waals surface area (Å²) in [5.41, 5.74) is 3.61. The molecule has 0 aliphatic rings. The number of aliphatic hydroxyl groups excluding tert-OH is 1. The molecule has 3 nitrogen and oxygen atoms in total. The molecule has 2 aromatic carbocycles. The van der Waals surface area contributed by atoms with Gasteiger partial charge in [-0.3, -0.25) is 0 Å². The van der Waals surface area contributed by atoms with Gasteiger partial charge in [-0.05, 0) is 23.1 Å². The topological polar surface area (TPSA) is 49.0 Å². The van der Waals surface area contributed by atoms with E-state index in [0.717, 1.165) is 22.0 Å². The van der Waals surface area contributed by atoms with E-state index in [9.17, 15) is 5.11 Å². The third kappa shape index (κ3) is 2.07. The van der Waals surface area contributed by atoms with E-state index in [-0.39, 0.29) is 6.61 Å². The van der Waals surface area contributed by atoms with Gasteiger partial charge in [0.15, 0.2) is 0 Å². The van der Waals surface area contributed by atoms with Gasteiger partial charge in [-0.1, -0.05) is 36.4 Å². The standard InChI is InChI=1S/C17H14N2O/c18-10-14-4-1-2-5-15(14)11-19-9-8-13-6-3-7-16(12-20)17(13)19/h1-9,20H,11-12H2. The minimum absolute atomic E-state index is 0.0151. The molecule has 0 saturated carbocycles. The molecule has 1 N–H and O–H groups in total. The summed E-state index contributed by atoms with van der Waals surface area (Å²) in [6.45, 7) is 0.644. The highest BCUT2D eigenvalue weighted by Gasteiger charge is 2.08. The first-order valence-corrected chi connectivity index (χ1v) is 6.49. The van der Waals surface area contributed by atoms with Gasteiger partial charge in [-0.15, -0.1) is 0 Å². The Labute approximate surface area is 117 Å². The molecule has 3 heteroatoms. The molecular formula is C17H14N2O. The average Bonchev–Trinajstić information content (AvgIpc) is 2.91. The van der Waals surface area contributed by atoms with Crippen LogP contribution in [0.3, 0.4) is 0 Å². The van der Waals surface area contributed by atoms with Crippen molar-refractivity contribution in [3.05, 3.63) is 71.4 Å². The minimum atomic E-state index is 0.0151. The number of para-hydroxylation sites is 1. The van der Waals surface area contributed by atoms with Crippen LogP contribution in [0.4, 0.5) is 0 Å². The number of nitrogens with zero attached hydrogens (tertiary/aromatic N) is 2. The van der Waals surface area contributed by atoms with Crippen LogP contribution in [0.25, 0.3) is 10.9 Å². The van der Waals surface area contributed by atoms with Gasteiger partial charge in [-0.2, -0.15) is 5.26 Å². The fraction of sp³-hybridized carbons (Fsp3) is 0.118. The van der Waals surface area contributed by atoms with Crippen molar-refractivity contribution in [1.82, 2.24) is 4.57 Å². The predicted octanol–water partition coefficient (Wildman–Crippen LogP) is 3.05. The van der Waals surface area contributed by atoms with Gasteiger partial charge in [0.1, 0.15) is 0 Å². The van der Waals surface area contributed by atoms with E-state index in [1.165, 1.54) is 0 Å². The van der Waals surface area contributed by atoms with E-state index in [2.05, 4.69) is 10.6 Å². The summed E-state index contributed by atoms with van der Waals surface area (Å²) in [7, 11) is 0. The second-order valence-electron chi connectivity index (χ2n) is 4.73. The smallest absolute Gasteiger partial charge is 0.0995 e. The maximum atomic E-state index is 9.48. The summed E-state index contributed by atoms with van der Waals surface area (Å²) in [5, 5.41) is 19.7. The van der Waals surface area contributed by atoms with Crippen molar-refractivity contribution in [3.8, 4) is 6.07 Å². The molecule has 0 atom stereocenters. The Balaban J connectivity index is 2.10. The van der Waals surface area contributed by atoms with Crippen LogP contribution in [-0.4, -0.2) is 9.67 Å². The zero-order valence-electron chi connectivity index (χ0n) is 11.0. The third-order valence-corrected chi connectivity index (χ3v) is 3.52. The molecule has 3 rings (SSSR count). The number of aromatic nitrogens is 1. The molecule has 98 valence electrons. The molecule has 0 aliphatic heterocycles. The Hall–Kier alpha value is -2.57. The largest absolute Gasteiger partial charge is 0.392 e. The lowest BCUT2D eigenvalue weighted by atomic mass is 10.1. The highest BCUT2D eigenvalue weighted by Crippen LogP contribution is 2.22. The van der Waals surface area contributed by atoms with Crippen LogP contribution < -0.4 is 0 Å². The molecule has 1 heterocycles. The molecule has 3 aromatic rings. The monoisotopic (exact) mass is 262 g/mol. The predicted molar refractivity (Wildman–Crippen MR) is 78.1 cm³/mol. The summed E-state index contributed by atoms with van der Waals surface area (Å²) >= 11 is 0. The normalized spacial score (nSPS) is 10.6. The number of aliphatic hydroxyl groups is 1. The molecule has 0 unspecified atom stereocenters. The van der Waals surface area contributed by atoms with E-state index < -0.39 is 0 Å². The molecule has 0 saturated heterocycles. The summed E-state index contributed by atoms with van der Waals surface area (Å²) in [6.07, 6.45) is 2.00. The maximum absolute atomic E-state index is 9.48. The summed E-state index contributed by atoms with van der Waals surface area (Å²) < 4.78 is 2.08. The molecule has 1 aromatic heterocycles. The van der Waals surface area contributed by atoms with Crippen molar-refractivity contribution in [2.75, 3.05) is 0 Å². The molecule has 0 fully saturated rings. The van der Waals surface area contributed by atoms with E-state index in [1.807, 2.05) is 54.7 Å². The van der Waals surface area contributed by atoms with Crippen LogP contribution in [-0.2, 0) is 13.2 Å². The molecule has 0 amide bonds. The summed E-state index contributed by atoms with van der Waals surface area (Å²) in [4.78, 5) is 0. The lowest BCUT2D eigenvalue weighted by Gasteiger charge is -2.09. The number of fused-ring (bicyclic) bond motifs is 1. The van der Waals surface area contributed by atoms with Gasteiger partial charge in [0.25, 0.3) is 0 Å². The van der Waals surface area contributed by atoms with Crippen molar-refractivity contribution in [3.63, 3.8) is 0 Å². The van der Waals surface area contributed by atoms with E-state index >= 15 is 0 Å². The van der Waals surface area contributed by atoms with Gasteiger partial charge in [0.2, 0.25) is 0 Å². The third-order valence-electron chi connectivity index (χ3n) is 3.52. The number of benzene rings is 2. The molecule has 0 bridgehead atoms. The SMILES string of the molecule is N#Cc1ccccc1Cn1ccc2cccc(CO)c21. The maximum Gasteiger partial charge on any atom is 0.0995 e. The van der Waals surface area contributed by atoms with Gasteiger partial charge in [0, 0.05) is 18.3 Å². The van der Waals surface area contributed by atoms with Crippen molar-refractivity contribution in [2.45, 2.75) is 13.2 Å². The molecule has 0 radical (unpaired) electrons. The van der Waals surface area contributed by atoms with Crippen LogP contribution in [0.5, 0.6) is 0 Å². The van der Waals surface area contributed by atoms with E-state index in [4.69, 9.17) is 5.26 Å². The van der Waals surface area contributed by atoms with Crippen LogP contribution in [0, 0.1) is 11.3 Å². The fourth-order valence-electron chi connectivity index (χ4n) is 2.55. The van der Waals surface area contributed by atoms with Crippen molar-refractivity contribution in [2.24, 2.45) is 0 Å². The zero-order valence-corrected chi connectivity index (χ0v) is 11.0. The lowest BCUT2D eigenvalue weighted by molar-refractivity contribution is 0.283. The molecular weight excluding hydrogens is 248 g/mol. The number of hydrogen-bond donors (Lipinski definition) is 1. The highest BCUT2D eigenvalue weighted by atomic mass is 16.3. The number of rotatable bonds is 3. The van der Waals surface area contributed by atoms with E-state index in [0.29, 0.717) is 12.1 Å².